The summed E-state index contributed by atoms with van der Waals surface area (Å²) in [5.74, 6) is 0. The largest absolute Gasteiger partial charge is 0.371 e. The molecule has 1 aromatic carbocycles. The maximum Gasteiger partial charge on any atom is 0.0522 e. The van der Waals surface area contributed by atoms with E-state index in [2.05, 4.69) is 45.8 Å². The van der Waals surface area contributed by atoms with Crippen LogP contribution in [0.15, 0.2) is 36.7 Å². The molecule has 4 heteroatoms. The van der Waals surface area contributed by atoms with Crippen LogP contribution in [0.3, 0.4) is 0 Å². The lowest BCUT2D eigenvalue weighted by Gasteiger charge is -2.35. The van der Waals surface area contributed by atoms with Crippen molar-refractivity contribution in [2.75, 3.05) is 25.0 Å². The number of benzene rings is 1. The molecule has 0 fully saturated rings. The van der Waals surface area contributed by atoms with Crippen molar-refractivity contribution in [3.63, 3.8) is 0 Å². The molecule has 1 aromatic heterocycles. The van der Waals surface area contributed by atoms with E-state index in [-0.39, 0.29) is 0 Å². The Kier molecular flexibility index (Phi) is 3.74. The first-order valence-corrected chi connectivity index (χ1v) is 7.26. The van der Waals surface area contributed by atoms with Crippen molar-refractivity contribution >= 4 is 5.69 Å². The third kappa shape index (κ3) is 2.56. The Bertz CT molecular complexity index is 575. The summed E-state index contributed by atoms with van der Waals surface area (Å²) in [6.07, 6.45) is 6.28. The summed E-state index contributed by atoms with van der Waals surface area (Å²) in [6, 6.07) is 9.23. The molecule has 0 amide bonds. The van der Waals surface area contributed by atoms with E-state index < -0.39 is 0 Å². The predicted octanol–water partition coefficient (Wildman–Crippen LogP) is 2.13. The summed E-state index contributed by atoms with van der Waals surface area (Å²) in [6.45, 7) is 2.17. The van der Waals surface area contributed by atoms with Crippen LogP contribution < -0.4 is 10.2 Å². The minimum atomic E-state index is 0.487. The highest BCUT2D eigenvalue weighted by atomic mass is 15.2. The Morgan fingerprint density at radius 3 is 2.95 bits per heavy atom. The van der Waals surface area contributed by atoms with Crippen LogP contribution in [0.5, 0.6) is 0 Å². The normalized spacial score (nSPS) is 18.1. The summed E-state index contributed by atoms with van der Waals surface area (Å²) in [4.78, 5) is 2.50. The van der Waals surface area contributed by atoms with E-state index in [4.69, 9.17) is 0 Å². The third-order valence-electron chi connectivity index (χ3n) is 4.12. The number of aryl methyl sites for hydroxylation is 1. The molecule has 106 valence electrons. The fraction of sp³-hybridized carbons (Fsp3) is 0.438. The van der Waals surface area contributed by atoms with Crippen molar-refractivity contribution in [3.8, 4) is 0 Å². The average Bonchev–Trinajstić information content (AvgIpc) is 2.90. The average molecular weight is 270 g/mol. The number of nitrogens with one attached hydrogen (secondary N) is 1. The number of nitrogens with zero attached hydrogens (tertiary/aromatic N) is 3. The van der Waals surface area contributed by atoms with Gasteiger partial charge >= 0.3 is 0 Å². The van der Waals surface area contributed by atoms with Crippen LogP contribution >= 0.6 is 0 Å². The number of rotatable bonds is 4. The Balaban J connectivity index is 1.74. The van der Waals surface area contributed by atoms with Crippen molar-refractivity contribution in [3.05, 3.63) is 47.8 Å². The van der Waals surface area contributed by atoms with Crippen molar-refractivity contribution in [1.29, 1.82) is 0 Å². The molecule has 2 aromatic rings. The zero-order chi connectivity index (χ0) is 13.9. The first-order chi connectivity index (χ1) is 9.78. The molecule has 1 aliphatic heterocycles. The minimum Gasteiger partial charge on any atom is -0.371 e. The number of fused-ring (bicyclic) bond motifs is 1. The van der Waals surface area contributed by atoms with Gasteiger partial charge in [-0.2, -0.15) is 5.10 Å². The third-order valence-corrected chi connectivity index (χ3v) is 4.12. The molecule has 3 rings (SSSR count). The van der Waals surface area contributed by atoms with Crippen LogP contribution in [-0.2, 0) is 13.5 Å². The molecule has 0 bridgehead atoms. The van der Waals surface area contributed by atoms with E-state index in [1.54, 1.807) is 0 Å². The van der Waals surface area contributed by atoms with E-state index in [1.165, 1.54) is 23.2 Å². The quantitative estimate of drug-likeness (QED) is 0.924. The Morgan fingerprint density at radius 1 is 1.35 bits per heavy atom. The lowest BCUT2D eigenvalue weighted by molar-refractivity contribution is 0.517. The maximum absolute atomic E-state index is 4.24. The molecule has 4 nitrogen and oxygen atoms in total. The second-order valence-corrected chi connectivity index (χ2v) is 5.45. The summed E-state index contributed by atoms with van der Waals surface area (Å²) < 4.78 is 1.87. The molecule has 2 heterocycles. The van der Waals surface area contributed by atoms with Crippen LogP contribution in [0.2, 0.25) is 0 Å². The summed E-state index contributed by atoms with van der Waals surface area (Å²) in [7, 11) is 4.02. The van der Waals surface area contributed by atoms with Gasteiger partial charge in [-0.3, -0.25) is 4.68 Å². The van der Waals surface area contributed by atoms with Crippen LogP contribution in [0.1, 0.15) is 23.6 Å². The topological polar surface area (TPSA) is 33.1 Å². The Labute approximate surface area is 120 Å². The van der Waals surface area contributed by atoms with Gasteiger partial charge in [0, 0.05) is 38.1 Å². The summed E-state index contributed by atoms with van der Waals surface area (Å²) >= 11 is 0. The molecule has 0 aliphatic carbocycles. The van der Waals surface area contributed by atoms with Gasteiger partial charge in [-0.15, -0.1) is 0 Å². The monoisotopic (exact) mass is 270 g/mol. The molecular formula is C16H22N4. The SMILES string of the molecule is CNC1CCN(CCc2cnn(C)c2)c2ccccc21. The summed E-state index contributed by atoms with van der Waals surface area (Å²) in [5, 5.41) is 7.66. The highest BCUT2D eigenvalue weighted by Gasteiger charge is 2.23. The van der Waals surface area contributed by atoms with Gasteiger partial charge in [-0.1, -0.05) is 18.2 Å². The first-order valence-electron chi connectivity index (χ1n) is 7.26. The molecule has 0 spiro atoms. The van der Waals surface area contributed by atoms with Crippen LogP contribution in [0.4, 0.5) is 5.69 Å². The van der Waals surface area contributed by atoms with Gasteiger partial charge < -0.3 is 10.2 Å². The minimum absolute atomic E-state index is 0.487. The Hall–Kier alpha value is -1.81. The van der Waals surface area contributed by atoms with Gasteiger partial charge in [0.2, 0.25) is 0 Å². The second kappa shape index (κ2) is 5.67. The van der Waals surface area contributed by atoms with Crippen molar-refractivity contribution in [1.82, 2.24) is 15.1 Å². The molecule has 0 radical (unpaired) electrons. The molecule has 20 heavy (non-hydrogen) atoms. The van der Waals surface area contributed by atoms with E-state index in [9.17, 15) is 0 Å². The Morgan fingerprint density at radius 2 is 2.20 bits per heavy atom. The predicted molar refractivity (Wildman–Crippen MR) is 82.0 cm³/mol. The number of hydrogen-bond acceptors (Lipinski definition) is 3. The molecule has 0 saturated carbocycles. The van der Waals surface area contributed by atoms with Crippen molar-refractivity contribution < 1.29 is 0 Å². The van der Waals surface area contributed by atoms with E-state index in [0.717, 1.165) is 19.5 Å². The molecule has 1 aliphatic rings. The first kappa shape index (κ1) is 13.2. The zero-order valence-electron chi connectivity index (χ0n) is 12.2. The van der Waals surface area contributed by atoms with Crippen molar-refractivity contribution in [2.24, 2.45) is 7.05 Å². The van der Waals surface area contributed by atoms with E-state index in [1.807, 2.05) is 25.0 Å². The fourth-order valence-electron chi connectivity index (χ4n) is 3.03. The molecular weight excluding hydrogens is 248 g/mol. The maximum atomic E-state index is 4.24. The van der Waals surface area contributed by atoms with Gasteiger partial charge in [-0.25, -0.2) is 0 Å². The van der Waals surface area contributed by atoms with Gasteiger partial charge in [0.1, 0.15) is 0 Å². The van der Waals surface area contributed by atoms with Crippen LogP contribution in [0, 0.1) is 0 Å². The number of para-hydroxylation sites is 1. The van der Waals surface area contributed by atoms with E-state index in [0.29, 0.717) is 6.04 Å². The van der Waals surface area contributed by atoms with Gasteiger partial charge in [0.05, 0.1) is 6.20 Å². The fourth-order valence-corrected chi connectivity index (χ4v) is 3.03. The molecule has 1 N–H and O–H groups in total. The van der Waals surface area contributed by atoms with Crippen LogP contribution in [0.25, 0.3) is 0 Å². The lowest BCUT2D eigenvalue weighted by Crippen LogP contribution is -2.36. The standard InChI is InChI=1S/C16H22N4/c1-17-15-8-10-20(16-6-4-3-5-14(15)16)9-7-13-11-18-19(2)12-13/h3-6,11-12,15,17H,7-10H2,1-2H3. The lowest BCUT2D eigenvalue weighted by atomic mass is 9.96. The number of aromatic nitrogens is 2. The molecule has 1 unspecified atom stereocenters. The number of hydrogen-bond donors (Lipinski definition) is 1. The highest BCUT2D eigenvalue weighted by Crippen LogP contribution is 2.33. The van der Waals surface area contributed by atoms with Crippen LogP contribution in [-0.4, -0.2) is 29.9 Å². The van der Waals surface area contributed by atoms with E-state index >= 15 is 0 Å². The zero-order valence-corrected chi connectivity index (χ0v) is 12.2. The molecule has 1 atom stereocenters. The second-order valence-electron chi connectivity index (χ2n) is 5.45. The number of anilines is 1. The van der Waals surface area contributed by atoms with Gasteiger partial charge in [-0.05, 0) is 37.1 Å². The summed E-state index contributed by atoms with van der Waals surface area (Å²) in [5.41, 5.74) is 4.11. The van der Waals surface area contributed by atoms with Gasteiger partial charge in [0.15, 0.2) is 0 Å². The highest BCUT2D eigenvalue weighted by molar-refractivity contribution is 5.57. The smallest absolute Gasteiger partial charge is 0.0522 e. The van der Waals surface area contributed by atoms with Gasteiger partial charge in [0.25, 0.3) is 0 Å². The molecule has 0 saturated heterocycles. The van der Waals surface area contributed by atoms with Crippen molar-refractivity contribution in [2.45, 2.75) is 18.9 Å².